The highest BCUT2D eigenvalue weighted by molar-refractivity contribution is 7.98. The second-order valence-corrected chi connectivity index (χ2v) is 6.75. The van der Waals surface area contributed by atoms with Crippen LogP contribution in [0.25, 0.3) is 0 Å². The molecule has 6 heteroatoms. The zero-order valence-corrected chi connectivity index (χ0v) is 15.5. The molecule has 3 aromatic carbocycles. The Hall–Kier alpha value is -3.12. The number of nitrogens with one attached hydrogen (secondary N) is 1. The number of rotatable bonds is 6. The van der Waals surface area contributed by atoms with Crippen molar-refractivity contribution in [3.8, 4) is 0 Å². The van der Waals surface area contributed by atoms with Gasteiger partial charge >= 0.3 is 0 Å². The molecule has 1 N–H and O–H groups in total. The summed E-state index contributed by atoms with van der Waals surface area (Å²) < 4.78 is 0. The first-order valence-electron chi connectivity index (χ1n) is 8.33. The molecule has 136 valence electrons. The summed E-state index contributed by atoms with van der Waals surface area (Å²) >= 11 is 1.43. The standard InChI is InChI=1S/C21H18N2O3S/c1-27-17-12-13-19(23(25)26)18(14-17)21(24)22-20(15-8-4-2-5-9-15)16-10-6-3-7-11-16/h2-14,20H,1H3,(H,22,24). The van der Waals surface area contributed by atoms with Crippen molar-refractivity contribution < 1.29 is 9.72 Å². The summed E-state index contributed by atoms with van der Waals surface area (Å²) in [6, 6.07) is 23.3. The van der Waals surface area contributed by atoms with Gasteiger partial charge in [0.2, 0.25) is 0 Å². The second kappa shape index (κ2) is 8.51. The molecular weight excluding hydrogens is 360 g/mol. The Morgan fingerprint density at radius 3 is 2.00 bits per heavy atom. The van der Waals surface area contributed by atoms with Crippen LogP contribution in [0.3, 0.4) is 0 Å². The molecule has 0 atom stereocenters. The molecule has 0 aliphatic carbocycles. The lowest BCUT2D eigenvalue weighted by Crippen LogP contribution is -2.29. The quantitative estimate of drug-likeness (QED) is 0.379. The Morgan fingerprint density at radius 1 is 0.963 bits per heavy atom. The molecule has 0 heterocycles. The third-order valence-electron chi connectivity index (χ3n) is 4.19. The smallest absolute Gasteiger partial charge is 0.282 e. The van der Waals surface area contributed by atoms with Crippen molar-refractivity contribution in [1.29, 1.82) is 0 Å². The van der Waals surface area contributed by atoms with Gasteiger partial charge in [0, 0.05) is 11.0 Å². The summed E-state index contributed by atoms with van der Waals surface area (Å²) in [4.78, 5) is 24.6. The summed E-state index contributed by atoms with van der Waals surface area (Å²) in [6.45, 7) is 0. The number of carbonyl (C=O) groups is 1. The van der Waals surface area contributed by atoms with E-state index in [-0.39, 0.29) is 11.3 Å². The number of hydrogen-bond acceptors (Lipinski definition) is 4. The van der Waals surface area contributed by atoms with Gasteiger partial charge in [-0.15, -0.1) is 11.8 Å². The van der Waals surface area contributed by atoms with E-state index in [1.807, 2.05) is 66.9 Å². The molecule has 3 rings (SSSR count). The maximum absolute atomic E-state index is 13.0. The van der Waals surface area contributed by atoms with Crippen LogP contribution >= 0.6 is 11.8 Å². The lowest BCUT2D eigenvalue weighted by molar-refractivity contribution is -0.385. The molecule has 0 bridgehead atoms. The maximum atomic E-state index is 13.0. The highest BCUT2D eigenvalue weighted by atomic mass is 32.2. The molecule has 1 amide bonds. The second-order valence-electron chi connectivity index (χ2n) is 5.87. The number of nitrogens with zero attached hydrogens (tertiary/aromatic N) is 1. The number of thioether (sulfide) groups is 1. The molecule has 0 spiro atoms. The van der Waals surface area contributed by atoms with E-state index < -0.39 is 16.9 Å². The van der Waals surface area contributed by atoms with E-state index in [4.69, 9.17) is 0 Å². The average molecular weight is 378 g/mol. The largest absolute Gasteiger partial charge is 0.341 e. The summed E-state index contributed by atoms with van der Waals surface area (Å²) in [6.07, 6.45) is 1.86. The highest BCUT2D eigenvalue weighted by Crippen LogP contribution is 2.27. The van der Waals surface area contributed by atoms with Crippen LogP contribution in [0.15, 0.2) is 83.8 Å². The summed E-state index contributed by atoms with van der Waals surface area (Å²) in [5.74, 6) is -0.477. The van der Waals surface area contributed by atoms with E-state index in [0.29, 0.717) is 0 Å². The van der Waals surface area contributed by atoms with Crippen LogP contribution < -0.4 is 5.32 Å². The fraction of sp³-hybridized carbons (Fsp3) is 0.0952. The van der Waals surface area contributed by atoms with Gasteiger partial charge in [0.1, 0.15) is 5.56 Å². The summed E-state index contributed by atoms with van der Waals surface area (Å²) in [7, 11) is 0. The first-order valence-corrected chi connectivity index (χ1v) is 9.56. The van der Waals surface area contributed by atoms with Crippen LogP contribution in [0.5, 0.6) is 0 Å². The molecule has 0 aliphatic rings. The van der Waals surface area contributed by atoms with E-state index in [9.17, 15) is 14.9 Å². The van der Waals surface area contributed by atoms with E-state index in [1.165, 1.54) is 17.8 Å². The molecule has 0 unspecified atom stereocenters. The third kappa shape index (κ3) is 4.35. The minimum Gasteiger partial charge on any atom is -0.341 e. The van der Waals surface area contributed by atoms with Gasteiger partial charge < -0.3 is 5.32 Å². The molecule has 0 aliphatic heterocycles. The van der Waals surface area contributed by atoms with Gasteiger partial charge in [-0.2, -0.15) is 0 Å². The normalized spacial score (nSPS) is 10.6. The van der Waals surface area contributed by atoms with Crippen molar-refractivity contribution in [2.45, 2.75) is 10.9 Å². The first kappa shape index (κ1) is 18.7. The number of carbonyl (C=O) groups excluding carboxylic acids is 1. The van der Waals surface area contributed by atoms with Crippen molar-refractivity contribution in [1.82, 2.24) is 5.32 Å². The zero-order chi connectivity index (χ0) is 19.2. The number of nitro groups is 1. The fourth-order valence-corrected chi connectivity index (χ4v) is 3.28. The number of hydrogen-bond donors (Lipinski definition) is 1. The summed E-state index contributed by atoms with van der Waals surface area (Å²) in [5.41, 5.74) is 1.66. The van der Waals surface area contributed by atoms with Crippen LogP contribution in [-0.4, -0.2) is 17.1 Å². The van der Waals surface area contributed by atoms with Gasteiger partial charge in [-0.3, -0.25) is 14.9 Å². The Bertz CT molecular complexity index is 907. The van der Waals surface area contributed by atoms with Crippen molar-refractivity contribution >= 4 is 23.4 Å². The predicted octanol–water partition coefficient (Wildman–Crippen LogP) is 4.84. The topological polar surface area (TPSA) is 72.2 Å². The van der Waals surface area contributed by atoms with Gasteiger partial charge in [-0.1, -0.05) is 60.7 Å². The Balaban J connectivity index is 2.00. The van der Waals surface area contributed by atoms with Crippen molar-refractivity contribution in [2.24, 2.45) is 0 Å². The Labute approximate surface area is 161 Å². The molecule has 3 aromatic rings. The maximum Gasteiger partial charge on any atom is 0.282 e. The molecule has 5 nitrogen and oxygen atoms in total. The van der Waals surface area contributed by atoms with Crippen molar-refractivity contribution in [3.63, 3.8) is 0 Å². The molecule has 0 saturated carbocycles. The minimum atomic E-state index is -0.529. The zero-order valence-electron chi connectivity index (χ0n) is 14.7. The third-order valence-corrected chi connectivity index (χ3v) is 4.91. The molecule has 0 radical (unpaired) electrons. The van der Waals surface area contributed by atoms with Gasteiger partial charge in [-0.25, -0.2) is 0 Å². The number of nitro benzene ring substituents is 1. The Morgan fingerprint density at radius 2 is 1.52 bits per heavy atom. The van der Waals surface area contributed by atoms with Crippen LogP contribution in [0.4, 0.5) is 5.69 Å². The van der Waals surface area contributed by atoms with Crippen LogP contribution in [0.1, 0.15) is 27.5 Å². The molecule has 0 aromatic heterocycles. The number of benzene rings is 3. The fourth-order valence-electron chi connectivity index (χ4n) is 2.84. The SMILES string of the molecule is CSc1ccc([N+](=O)[O-])c(C(=O)NC(c2ccccc2)c2ccccc2)c1. The van der Waals surface area contributed by atoms with E-state index in [1.54, 1.807) is 12.1 Å². The van der Waals surface area contributed by atoms with Crippen molar-refractivity contribution in [3.05, 3.63) is 106 Å². The Kier molecular flexibility index (Phi) is 5.88. The monoisotopic (exact) mass is 378 g/mol. The van der Waals surface area contributed by atoms with E-state index >= 15 is 0 Å². The lowest BCUT2D eigenvalue weighted by atomic mass is 9.98. The molecular formula is C21H18N2O3S. The minimum absolute atomic E-state index is 0.0590. The van der Waals surface area contributed by atoms with Gasteiger partial charge in [0.05, 0.1) is 11.0 Å². The molecule has 0 saturated heterocycles. The predicted molar refractivity (Wildman–Crippen MR) is 107 cm³/mol. The summed E-state index contributed by atoms with van der Waals surface area (Å²) in [5, 5.41) is 14.3. The van der Waals surface area contributed by atoms with Gasteiger partial charge in [0.25, 0.3) is 11.6 Å². The van der Waals surface area contributed by atoms with E-state index in [0.717, 1.165) is 16.0 Å². The van der Waals surface area contributed by atoms with E-state index in [2.05, 4.69) is 5.32 Å². The molecule has 27 heavy (non-hydrogen) atoms. The molecule has 0 fully saturated rings. The first-order chi connectivity index (χ1) is 13.1. The van der Waals surface area contributed by atoms with Gasteiger partial charge in [0.15, 0.2) is 0 Å². The lowest BCUT2D eigenvalue weighted by Gasteiger charge is -2.20. The van der Waals surface area contributed by atoms with Gasteiger partial charge in [-0.05, 0) is 29.5 Å². The van der Waals surface area contributed by atoms with Crippen LogP contribution in [0.2, 0.25) is 0 Å². The average Bonchev–Trinajstić information content (AvgIpc) is 2.72. The van der Waals surface area contributed by atoms with Crippen LogP contribution in [-0.2, 0) is 0 Å². The van der Waals surface area contributed by atoms with Crippen LogP contribution in [0, 0.1) is 10.1 Å². The highest BCUT2D eigenvalue weighted by Gasteiger charge is 2.24. The number of amides is 1. The van der Waals surface area contributed by atoms with Crippen molar-refractivity contribution in [2.75, 3.05) is 6.26 Å².